The molecule has 180 valence electrons. The van der Waals surface area contributed by atoms with E-state index < -0.39 is 21.3 Å². The number of carbonyl (C=O) groups is 2. The smallest absolute Gasteiger partial charge is 0.339 e. The van der Waals surface area contributed by atoms with Crippen LogP contribution in [0.3, 0.4) is 0 Å². The number of carbonyl (C=O) groups excluding carboxylic acids is 2. The fourth-order valence-corrected chi connectivity index (χ4v) is 5.48. The molecule has 0 atom stereocenters. The van der Waals surface area contributed by atoms with Crippen LogP contribution in [0.15, 0.2) is 76.5 Å². The Morgan fingerprint density at radius 3 is 2.37 bits per heavy atom. The van der Waals surface area contributed by atoms with Crippen molar-refractivity contribution in [3.05, 3.63) is 91.4 Å². The molecule has 0 radical (unpaired) electrons. The first-order valence-corrected chi connectivity index (χ1v) is 13.7. The summed E-state index contributed by atoms with van der Waals surface area (Å²) >= 11 is 8.81. The second kappa shape index (κ2) is 10.6. The van der Waals surface area contributed by atoms with Gasteiger partial charge < -0.3 is 8.92 Å². The molecule has 0 unspecified atom stereocenters. The summed E-state index contributed by atoms with van der Waals surface area (Å²) in [5, 5.41) is -0.0400. The highest BCUT2D eigenvalue weighted by atomic mass is 127. The molecule has 2 amide bonds. The number of halogens is 2. The van der Waals surface area contributed by atoms with Gasteiger partial charge in [0.1, 0.15) is 4.90 Å². The van der Waals surface area contributed by atoms with Crippen LogP contribution in [-0.2, 0) is 21.5 Å². The number of para-hydroxylation sites is 1. The van der Waals surface area contributed by atoms with E-state index in [0.717, 1.165) is 25.8 Å². The molecule has 7 nitrogen and oxygen atoms in total. The summed E-state index contributed by atoms with van der Waals surface area (Å²) in [6.45, 7) is 0.130. The highest BCUT2D eigenvalue weighted by Crippen LogP contribution is 2.39. The van der Waals surface area contributed by atoms with E-state index in [4.69, 9.17) is 20.5 Å². The van der Waals surface area contributed by atoms with Crippen molar-refractivity contribution in [3.8, 4) is 11.5 Å². The molecule has 0 aromatic heterocycles. The van der Waals surface area contributed by atoms with E-state index >= 15 is 0 Å². The van der Waals surface area contributed by atoms with Gasteiger partial charge in [0.15, 0.2) is 11.5 Å². The van der Waals surface area contributed by atoms with Gasteiger partial charge in [0.05, 0.1) is 18.6 Å². The summed E-state index contributed by atoms with van der Waals surface area (Å²) in [6, 6.07) is 17.7. The highest BCUT2D eigenvalue weighted by molar-refractivity contribution is 14.1. The van der Waals surface area contributed by atoms with Crippen LogP contribution in [-0.4, -0.2) is 31.6 Å². The van der Waals surface area contributed by atoms with Crippen LogP contribution in [0, 0.1) is 3.57 Å². The Morgan fingerprint density at radius 2 is 1.71 bits per heavy atom. The summed E-state index contributed by atoms with van der Waals surface area (Å²) in [6.07, 6.45) is 1.42. The summed E-state index contributed by atoms with van der Waals surface area (Å²) in [5.41, 5.74) is 1.08. The number of amides is 2. The zero-order valence-electron chi connectivity index (χ0n) is 18.1. The minimum absolute atomic E-state index is 0.100. The van der Waals surface area contributed by atoms with Crippen molar-refractivity contribution in [2.75, 3.05) is 7.11 Å². The number of thioether (sulfide) groups is 1. The van der Waals surface area contributed by atoms with Crippen LogP contribution < -0.4 is 8.92 Å². The van der Waals surface area contributed by atoms with E-state index in [1.807, 2.05) is 24.3 Å². The Morgan fingerprint density at radius 1 is 1.03 bits per heavy atom. The van der Waals surface area contributed by atoms with Crippen LogP contribution in [0.25, 0.3) is 6.08 Å². The van der Waals surface area contributed by atoms with Crippen molar-refractivity contribution in [3.63, 3.8) is 0 Å². The number of rotatable bonds is 7. The Hall–Kier alpha value is -2.54. The monoisotopic (exact) mass is 641 g/mol. The summed E-state index contributed by atoms with van der Waals surface area (Å²) in [7, 11) is -2.86. The zero-order valence-corrected chi connectivity index (χ0v) is 22.7. The van der Waals surface area contributed by atoms with E-state index in [9.17, 15) is 18.0 Å². The third-order valence-electron chi connectivity index (χ3n) is 4.94. The van der Waals surface area contributed by atoms with Gasteiger partial charge in [-0.15, -0.1) is 0 Å². The number of hydrogen-bond donors (Lipinski definition) is 0. The first-order valence-electron chi connectivity index (χ1n) is 10.0. The number of hydrogen-bond acceptors (Lipinski definition) is 7. The molecule has 0 N–H and O–H groups in total. The molecule has 1 aliphatic heterocycles. The number of ether oxygens (including phenoxy) is 1. The second-order valence-corrected chi connectivity index (χ2v) is 11.5. The lowest BCUT2D eigenvalue weighted by Gasteiger charge is -2.14. The number of benzene rings is 3. The fraction of sp³-hybridized carbons (Fsp3) is 0.0833. The van der Waals surface area contributed by atoms with Crippen molar-refractivity contribution in [1.82, 2.24) is 4.90 Å². The second-order valence-electron chi connectivity index (χ2n) is 7.26. The topological polar surface area (TPSA) is 90.0 Å². The largest absolute Gasteiger partial charge is 0.493 e. The minimum atomic E-state index is -4.24. The first kappa shape index (κ1) is 25.5. The van der Waals surface area contributed by atoms with Crippen LogP contribution in [0.2, 0.25) is 5.02 Å². The third-order valence-corrected chi connectivity index (χ3v) is 8.05. The van der Waals surface area contributed by atoms with Crippen LogP contribution in [0.4, 0.5) is 4.79 Å². The lowest BCUT2D eigenvalue weighted by Crippen LogP contribution is -2.27. The summed E-state index contributed by atoms with van der Waals surface area (Å²) in [4.78, 5) is 26.8. The van der Waals surface area contributed by atoms with Gasteiger partial charge in [-0.05, 0) is 88.5 Å². The Kier molecular flexibility index (Phi) is 7.74. The van der Waals surface area contributed by atoms with Gasteiger partial charge in [-0.3, -0.25) is 14.5 Å². The van der Waals surface area contributed by atoms with Crippen molar-refractivity contribution in [2.24, 2.45) is 0 Å². The van der Waals surface area contributed by atoms with Gasteiger partial charge in [-0.2, -0.15) is 8.42 Å². The zero-order chi connectivity index (χ0) is 25.2. The molecule has 4 rings (SSSR count). The normalized spacial score (nSPS) is 15.1. The molecule has 0 bridgehead atoms. The molecule has 35 heavy (non-hydrogen) atoms. The molecule has 3 aromatic rings. The maximum atomic E-state index is 13.0. The highest BCUT2D eigenvalue weighted by Gasteiger charge is 2.35. The van der Waals surface area contributed by atoms with Gasteiger partial charge in [0, 0.05) is 14.2 Å². The Balaban J connectivity index is 1.65. The predicted molar refractivity (Wildman–Crippen MR) is 143 cm³/mol. The van der Waals surface area contributed by atoms with Gasteiger partial charge in [0.25, 0.3) is 11.1 Å². The van der Waals surface area contributed by atoms with Crippen LogP contribution >= 0.6 is 46.0 Å². The standard InChI is InChI=1S/C24H17ClINO6S2/c1-32-20-4-2-3-16(22(20)33-35(30,31)19-11-7-17(25)8-12-19)13-21-23(28)27(24(29)34-21)14-15-5-9-18(26)10-6-15/h2-13H,14H2,1H3/b21-13-. The molecular formula is C24H17ClINO6S2. The molecule has 3 aromatic carbocycles. The molecule has 1 aliphatic rings. The number of imide groups is 1. The summed E-state index contributed by atoms with van der Waals surface area (Å²) in [5.74, 6) is -0.434. The van der Waals surface area contributed by atoms with E-state index in [0.29, 0.717) is 5.02 Å². The van der Waals surface area contributed by atoms with E-state index in [1.165, 1.54) is 43.5 Å². The molecule has 1 heterocycles. The molecule has 1 fully saturated rings. The van der Waals surface area contributed by atoms with Crippen molar-refractivity contribution < 1.29 is 26.9 Å². The molecule has 1 saturated heterocycles. The first-order chi connectivity index (χ1) is 16.7. The third kappa shape index (κ3) is 5.83. The average molecular weight is 642 g/mol. The van der Waals surface area contributed by atoms with Crippen LogP contribution in [0.1, 0.15) is 11.1 Å². The number of methoxy groups -OCH3 is 1. The SMILES string of the molecule is COc1cccc(/C=C2\SC(=O)N(Cc3ccc(I)cc3)C2=O)c1OS(=O)(=O)c1ccc(Cl)cc1. The van der Waals surface area contributed by atoms with Crippen molar-refractivity contribution in [1.29, 1.82) is 0 Å². The lowest BCUT2D eigenvalue weighted by molar-refractivity contribution is -0.123. The predicted octanol–water partition coefficient (Wildman–Crippen LogP) is 5.96. The van der Waals surface area contributed by atoms with Crippen molar-refractivity contribution >= 4 is 73.3 Å². The molecule has 11 heteroatoms. The average Bonchev–Trinajstić information content (AvgIpc) is 3.09. The van der Waals surface area contributed by atoms with Gasteiger partial charge in [0.2, 0.25) is 0 Å². The van der Waals surface area contributed by atoms with Gasteiger partial charge in [-0.25, -0.2) is 0 Å². The number of nitrogens with zero attached hydrogens (tertiary/aromatic N) is 1. The Bertz CT molecular complexity index is 1420. The summed E-state index contributed by atoms with van der Waals surface area (Å²) < 4.78 is 37.5. The van der Waals surface area contributed by atoms with E-state index in [2.05, 4.69) is 22.6 Å². The molecule has 0 spiro atoms. The molecule has 0 aliphatic carbocycles. The van der Waals surface area contributed by atoms with Gasteiger partial charge in [-0.1, -0.05) is 35.9 Å². The van der Waals surface area contributed by atoms with E-state index in [1.54, 1.807) is 12.1 Å². The fourth-order valence-electron chi connectivity index (χ4n) is 3.21. The maximum absolute atomic E-state index is 13.0. The quantitative estimate of drug-likeness (QED) is 0.179. The Labute approximate surface area is 225 Å². The van der Waals surface area contributed by atoms with E-state index in [-0.39, 0.29) is 33.4 Å². The lowest BCUT2D eigenvalue weighted by atomic mass is 10.1. The van der Waals surface area contributed by atoms with Crippen molar-refractivity contribution in [2.45, 2.75) is 11.4 Å². The molecule has 0 saturated carbocycles. The minimum Gasteiger partial charge on any atom is -0.493 e. The maximum Gasteiger partial charge on any atom is 0.339 e. The van der Waals surface area contributed by atoms with Crippen LogP contribution in [0.5, 0.6) is 11.5 Å². The molecular weight excluding hydrogens is 625 g/mol. The van der Waals surface area contributed by atoms with Gasteiger partial charge >= 0.3 is 10.1 Å².